The third-order valence-corrected chi connectivity index (χ3v) is 12.2. The first kappa shape index (κ1) is 66.6. The van der Waals surface area contributed by atoms with E-state index < -0.39 is 101 Å². The van der Waals surface area contributed by atoms with Gasteiger partial charge in [0.15, 0.2) is 0 Å². The molecule has 0 saturated heterocycles. The quantitative estimate of drug-likeness (QED) is 0.0347. The van der Waals surface area contributed by atoms with E-state index in [-0.39, 0.29) is 68.3 Å². The van der Waals surface area contributed by atoms with E-state index >= 15 is 0 Å². The second-order valence-electron chi connectivity index (χ2n) is 21.5. The SMILES string of the molecule is C=C(C)C(=O)NCCCC[C@H](NC(=O)[C@@H](NC(C)=O)C(C)C)C(=O)NC(CC(C)C)C(=O)NC(C)(C)C(=O)N[C@H](C(=O)N[C@@H](CCCCNC(=O)c1nnn(-c2ccc(OC)cc2)n1)C(=O)N[C@@H](CC(C)C)C(N)=O)C(C)C. The molecule has 1 aromatic heterocycles. The lowest BCUT2D eigenvalue weighted by Gasteiger charge is -2.32. The minimum atomic E-state index is -1.69. The van der Waals surface area contributed by atoms with Gasteiger partial charge in [0.1, 0.15) is 47.5 Å². The lowest BCUT2D eigenvalue weighted by Crippen LogP contribution is -2.64. The van der Waals surface area contributed by atoms with Gasteiger partial charge in [-0.15, -0.1) is 15.0 Å². The van der Waals surface area contributed by atoms with E-state index in [4.69, 9.17) is 10.5 Å². The zero-order valence-electron chi connectivity index (χ0n) is 47.7. The van der Waals surface area contributed by atoms with Crippen LogP contribution in [0.5, 0.6) is 5.75 Å². The zero-order valence-corrected chi connectivity index (χ0v) is 47.7. The summed E-state index contributed by atoms with van der Waals surface area (Å²) in [5.41, 5.74) is 4.83. The Morgan fingerprint density at radius 1 is 0.628 bits per heavy atom. The highest BCUT2D eigenvalue weighted by molar-refractivity contribution is 5.99. The molecule has 0 aliphatic rings. The molecule has 0 radical (unpaired) electrons. The summed E-state index contributed by atoms with van der Waals surface area (Å²) in [5.74, 6) is -7.01. The van der Waals surface area contributed by atoms with Crippen LogP contribution < -0.4 is 58.3 Å². The number of nitrogens with two attached hydrogens (primary N) is 1. The molecular weight excluding hydrogens is 1010 g/mol. The predicted molar refractivity (Wildman–Crippen MR) is 291 cm³/mol. The highest BCUT2D eigenvalue weighted by Crippen LogP contribution is 2.16. The molecule has 11 N–H and O–H groups in total. The number of methoxy groups -OCH3 is 1. The Balaban J connectivity index is 2.27. The molecule has 25 nitrogen and oxygen atoms in total. The van der Waals surface area contributed by atoms with E-state index in [2.05, 4.69) is 69.8 Å². The number of amides is 10. The van der Waals surface area contributed by atoms with Gasteiger partial charge in [-0.05, 0) is 125 Å². The number of tetrazole rings is 1. The fourth-order valence-corrected chi connectivity index (χ4v) is 7.80. The van der Waals surface area contributed by atoms with Crippen LogP contribution in [-0.4, -0.2) is 141 Å². The molecular formula is C53H86N14O11. The molecule has 0 aliphatic heterocycles. The summed E-state index contributed by atoms with van der Waals surface area (Å²) in [4.78, 5) is 134. The molecule has 434 valence electrons. The van der Waals surface area contributed by atoms with Crippen molar-refractivity contribution in [1.82, 2.24) is 68.1 Å². The van der Waals surface area contributed by atoms with E-state index in [1.165, 1.54) is 32.7 Å². The lowest BCUT2D eigenvalue weighted by atomic mass is 9.97. The standard InChI is InChI=1S/C53H86N14O11/c1-29(2)27-39(43(54)69)60-46(71)37(19-16-18-26-56-51(76)44-64-66-67(65-44)35-21-23-36(78-14)24-22-35)59-50(75)42(32(7)8)62-52(77)53(12,13)63-48(73)40(28-30(3)4)61-47(72)38(20-15-17-25-55-45(70)33(9)10)58-49(74)41(31(5)6)57-34(11)68/h21-24,29-32,37-42H,9,15-20,25-28H2,1-8,10-14H3,(H2,54,69)(H,55,70)(H,56,76)(H,57,68)(H,58,74)(H,59,75)(H,60,71)(H,61,72)(H,62,77)(H,63,73)/t37-,38-,39-,40?,41-,42-/m0/s1. The average molecular weight is 1100 g/mol. The van der Waals surface area contributed by atoms with Crippen LogP contribution in [0, 0.1) is 23.7 Å². The Morgan fingerprint density at radius 3 is 1.56 bits per heavy atom. The Hall–Kier alpha value is -7.47. The summed E-state index contributed by atoms with van der Waals surface area (Å²) in [5, 5.41) is 36.3. The third kappa shape index (κ3) is 23.0. The number of nitrogens with zero attached hydrogens (tertiary/aromatic N) is 4. The van der Waals surface area contributed by atoms with Crippen LogP contribution in [-0.2, 0) is 43.2 Å². The van der Waals surface area contributed by atoms with Gasteiger partial charge < -0.3 is 58.3 Å². The Bertz CT molecular complexity index is 2390. The van der Waals surface area contributed by atoms with Crippen LogP contribution in [0.4, 0.5) is 0 Å². The second kappa shape index (κ2) is 32.3. The van der Waals surface area contributed by atoms with Crippen molar-refractivity contribution in [3.63, 3.8) is 0 Å². The van der Waals surface area contributed by atoms with E-state index in [0.717, 1.165) is 0 Å². The molecule has 2 rings (SSSR count). The van der Waals surface area contributed by atoms with Gasteiger partial charge in [0, 0.05) is 25.6 Å². The minimum Gasteiger partial charge on any atom is -0.497 e. The molecule has 78 heavy (non-hydrogen) atoms. The molecule has 25 heteroatoms. The van der Waals surface area contributed by atoms with Crippen molar-refractivity contribution < 1.29 is 52.7 Å². The summed E-state index contributed by atoms with van der Waals surface area (Å²) in [6.07, 6.45) is 1.94. The number of primary amides is 1. The van der Waals surface area contributed by atoms with Gasteiger partial charge in [-0.1, -0.05) is 62.0 Å². The lowest BCUT2D eigenvalue weighted by molar-refractivity contribution is -0.138. The van der Waals surface area contributed by atoms with Crippen LogP contribution >= 0.6 is 0 Å². The van der Waals surface area contributed by atoms with Gasteiger partial charge in [-0.2, -0.15) is 0 Å². The highest BCUT2D eigenvalue weighted by atomic mass is 16.5. The van der Waals surface area contributed by atoms with Crippen molar-refractivity contribution in [1.29, 1.82) is 0 Å². The predicted octanol–water partition coefficient (Wildman–Crippen LogP) is 1.15. The van der Waals surface area contributed by atoms with E-state index in [1.54, 1.807) is 58.9 Å². The Kier molecular flexibility index (Phi) is 27.6. The number of aromatic nitrogens is 4. The topological polar surface area (TPSA) is 358 Å². The molecule has 0 fully saturated rings. The summed E-state index contributed by atoms with van der Waals surface area (Å²) in [6.45, 7) is 23.9. The molecule has 0 bridgehead atoms. The normalized spacial score (nSPS) is 13.7. The van der Waals surface area contributed by atoms with Gasteiger partial charge in [-0.25, -0.2) is 0 Å². The first-order chi connectivity index (χ1) is 36.5. The van der Waals surface area contributed by atoms with Crippen LogP contribution in [0.1, 0.15) is 145 Å². The van der Waals surface area contributed by atoms with Crippen LogP contribution in [0.25, 0.3) is 5.69 Å². The van der Waals surface area contributed by atoms with Crippen molar-refractivity contribution in [2.45, 2.75) is 176 Å². The largest absolute Gasteiger partial charge is 0.497 e. The zero-order chi connectivity index (χ0) is 59.0. The van der Waals surface area contributed by atoms with Crippen molar-refractivity contribution in [2.24, 2.45) is 29.4 Å². The van der Waals surface area contributed by atoms with Gasteiger partial charge in [0.2, 0.25) is 53.2 Å². The number of hydrogen-bond acceptors (Lipinski definition) is 14. The number of carbonyl (C=O) groups excluding carboxylic acids is 10. The highest BCUT2D eigenvalue weighted by Gasteiger charge is 2.38. The summed E-state index contributed by atoms with van der Waals surface area (Å²) >= 11 is 0. The minimum absolute atomic E-state index is 0.0257. The van der Waals surface area contributed by atoms with Gasteiger partial charge in [0.05, 0.1) is 12.8 Å². The molecule has 1 heterocycles. The monoisotopic (exact) mass is 1090 g/mol. The van der Waals surface area contributed by atoms with Crippen molar-refractivity contribution in [3.05, 3.63) is 42.2 Å². The number of hydrogen-bond donors (Lipinski definition) is 10. The molecule has 0 saturated carbocycles. The number of rotatable bonds is 34. The summed E-state index contributed by atoms with van der Waals surface area (Å²) < 4.78 is 5.17. The Labute approximate surface area is 458 Å². The van der Waals surface area contributed by atoms with E-state index in [1.807, 2.05) is 27.7 Å². The molecule has 1 unspecified atom stereocenters. The number of benzene rings is 1. The van der Waals surface area contributed by atoms with E-state index in [9.17, 15) is 47.9 Å². The van der Waals surface area contributed by atoms with E-state index in [0.29, 0.717) is 42.7 Å². The third-order valence-electron chi connectivity index (χ3n) is 12.2. The van der Waals surface area contributed by atoms with Crippen molar-refractivity contribution >= 4 is 59.1 Å². The Morgan fingerprint density at radius 2 is 1.10 bits per heavy atom. The number of carbonyl (C=O) groups is 10. The first-order valence-corrected chi connectivity index (χ1v) is 26.5. The molecule has 0 spiro atoms. The number of nitrogens with one attached hydrogen (secondary N) is 9. The maximum absolute atomic E-state index is 14.2. The molecule has 2 aromatic rings. The second-order valence-corrected chi connectivity index (χ2v) is 21.5. The average Bonchev–Trinajstić information content (AvgIpc) is 3.85. The summed E-state index contributed by atoms with van der Waals surface area (Å²) in [7, 11) is 1.53. The maximum atomic E-state index is 14.2. The molecule has 6 atom stereocenters. The molecule has 0 aliphatic carbocycles. The van der Waals surface area contributed by atoms with Crippen molar-refractivity contribution in [2.75, 3.05) is 20.2 Å². The summed E-state index contributed by atoms with van der Waals surface area (Å²) in [6, 6.07) is -0.0571. The van der Waals surface area contributed by atoms with Crippen LogP contribution in [0.15, 0.2) is 36.4 Å². The van der Waals surface area contributed by atoms with Crippen LogP contribution in [0.2, 0.25) is 0 Å². The first-order valence-electron chi connectivity index (χ1n) is 26.5. The van der Waals surface area contributed by atoms with Crippen LogP contribution in [0.3, 0.4) is 0 Å². The van der Waals surface area contributed by atoms with Gasteiger partial charge in [0.25, 0.3) is 11.7 Å². The van der Waals surface area contributed by atoms with Gasteiger partial charge in [-0.3, -0.25) is 47.9 Å². The number of ether oxygens (including phenoxy) is 1. The smallest absolute Gasteiger partial charge is 0.292 e. The maximum Gasteiger partial charge on any atom is 0.292 e. The molecule has 1 aromatic carbocycles. The van der Waals surface area contributed by atoms with Gasteiger partial charge >= 0.3 is 0 Å². The van der Waals surface area contributed by atoms with Crippen molar-refractivity contribution in [3.8, 4) is 11.4 Å². The fourth-order valence-electron chi connectivity index (χ4n) is 7.80. The number of unbranched alkanes of at least 4 members (excludes halogenated alkanes) is 2. The fraction of sp³-hybridized carbons (Fsp3) is 0.642. The molecule has 10 amide bonds.